The molecule has 0 radical (unpaired) electrons. The van der Waals surface area contributed by atoms with Crippen LogP contribution < -0.4 is 16.8 Å². The molecular formula is C12H27N3O10S2. The summed E-state index contributed by atoms with van der Waals surface area (Å²) in [5.74, 6) is -1.79. The van der Waals surface area contributed by atoms with Crippen LogP contribution >= 0.6 is 11.8 Å². The lowest BCUT2D eigenvalue weighted by Gasteiger charge is -2.02. The Labute approximate surface area is 161 Å². The molecule has 27 heavy (non-hydrogen) atoms. The van der Waals surface area contributed by atoms with E-state index in [0.717, 1.165) is 25.1 Å². The molecular weight excluding hydrogens is 410 g/mol. The second kappa shape index (κ2) is 17.9. The molecule has 1 fully saturated rings. The number of carboxylic acids is 3. The lowest BCUT2D eigenvalue weighted by Crippen LogP contribution is -2.30. The van der Waals surface area contributed by atoms with E-state index < -0.39 is 34.3 Å². The summed E-state index contributed by atoms with van der Waals surface area (Å²) in [4.78, 5) is 29.5. The minimum Gasteiger partial charge on any atom is -0.480 e. The van der Waals surface area contributed by atoms with Gasteiger partial charge < -0.3 is 32.1 Å². The average molecular weight is 437 g/mol. The van der Waals surface area contributed by atoms with Crippen molar-refractivity contribution in [1.82, 2.24) is 5.32 Å². The zero-order chi connectivity index (χ0) is 22.0. The summed E-state index contributed by atoms with van der Waals surface area (Å²) in [6, 6.07) is -0.951. The van der Waals surface area contributed by atoms with Gasteiger partial charge in [-0.25, -0.2) is 0 Å². The van der Waals surface area contributed by atoms with E-state index in [-0.39, 0.29) is 12.6 Å². The van der Waals surface area contributed by atoms with Crippen LogP contribution in [0.4, 0.5) is 0 Å². The molecule has 1 heterocycles. The summed E-state index contributed by atoms with van der Waals surface area (Å²) in [6.07, 6.45) is 4.26. The van der Waals surface area contributed by atoms with Gasteiger partial charge in [0.1, 0.15) is 12.1 Å². The van der Waals surface area contributed by atoms with Crippen LogP contribution in [-0.2, 0) is 24.8 Å². The minimum atomic E-state index is -4.67. The normalized spacial score (nSPS) is 16.3. The lowest BCUT2D eigenvalue weighted by molar-refractivity contribution is -0.139. The highest BCUT2D eigenvalue weighted by Gasteiger charge is 2.20. The van der Waals surface area contributed by atoms with Crippen molar-refractivity contribution in [2.75, 3.05) is 25.1 Å². The number of aliphatic carboxylic acids is 3. The molecule has 0 aromatic rings. The monoisotopic (exact) mass is 437 g/mol. The zero-order valence-electron chi connectivity index (χ0n) is 14.6. The maximum absolute atomic E-state index is 10.1. The fraction of sp³-hybridized carbons (Fsp3) is 0.750. The number of rotatable bonds is 6. The summed E-state index contributed by atoms with van der Waals surface area (Å²) < 4.78 is 31.6. The van der Waals surface area contributed by atoms with Crippen LogP contribution in [0.1, 0.15) is 19.3 Å². The van der Waals surface area contributed by atoms with E-state index >= 15 is 0 Å². The van der Waals surface area contributed by atoms with E-state index in [1.807, 2.05) is 6.26 Å². The molecule has 2 atom stereocenters. The Kier molecular flexibility index (Phi) is 20.1. The summed E-state index contributed by atoms with van der Waals surface area (Å²) in [7, 11) is -4.67. The van der Waals surface area contributed by atoms with E-state index in [1.165, 1.54) is 0 Å². The average Bonchev–Trinajstić information content (AvgIpc) is 3.06. The number of nitrogens with two attached hydrogens (primary N) is 2. The second-order valence-electron chi connectivity index (χ2n) is 4.76. The molecule has 1 aliphatic heterocycles. The first-order valence-corrected chi connectivity index (χ1v) is 10.1. The highest BCUT2D eigenvalue weighted by Crippen LogP contribution is 2.03. The summed E-state index contributed by atoms with van der Waals surface area (Å²) in [6.45, 7) is 0.580. The molecule has 0 bridgehead atoms. The highest BCUT2D eigenvalue weighted by molar-refractivity contribution is 7.98. The van der Waals surface area contributed by atoms with Crippen LogP contribution in [0.2, 0.25) is 0 Å². The van der Waals surface area contributed by atoms with Gasteiger partial charge in [0.2, 0.25) is 0 Å². The maximum atomic E-state index is 10.1. The molecule has 10 N–H and O–H groups in total. The van der Waals surface area contributed by atoms with Crippen molar-refractivity contribution in [3.8, 4) is 0 Å². The van der Waals surface area contributed by atoms with Crippen molar-refractivity contribution in [2.45, 2.75) is 31.3 Å². The van der Waals surface area contributed by atoms with Gasteiger partial charge in [0, 0.05) is 0 Å². The first kappa shape index (κ1) is 30.2. The largest absolute Gasteiger partial charge is 0.480 e. The minimum absolute atomic E-state index is 0.269. The van der Waals surface area contributed by atoms with Gasteiger partial charge in [-0.1, -0.05) is 0 Å². The second-order valence-corrected chi connectivity index (χ2v) is 6.64. The number of carboxylic acid groups (broad SMARTS) is 3. The summed E-state index contributed by atoms with van der Waals surface area (Å²) >= 11 is 1.60. The number of hydrogen-bond acceptors (Lipinski definition) is 9. The van der Waals surface area contributed by atoms with Gasteiger partial charge in [0.25, 0.3) is 0 Å². The van der Waals surface area contributed by atoms with Gasteiger partial charge >= 0.3 is 28.3 Å². The van der Waals surface area contributed by atoms with Crippen LogP contribution in [-0.4, -0.2) is 87.9 Å². The van der Waals surface area contributed by atoms with Gasteiger partial charge in [-0.2, -0.15) is 20.2 Å². The van der Waals surface area contributed by atoms with Crippen molar-refractivity contribution in [3.63, 3.8) is 0 Å². The summed E-state index contributed by atoms with van der Waals surface area (Å²) in [5.41, 5.74) is 9.76. The van der Waals surface area contributed by atoms with Crippen LogP contribution in [0.15, 0.2) is 0 Å². The van der Waals surface area contributed by atoms with E-state index in [0.29, 0.717) is 6.42 Å². The Balaban J connectivity index is -0.000000295. The van der Waals surface area contributed by atoms with Crippen molar-refractivity contribution in [2.24, 2.45) is 11.5 Å². The van der Waals surface area contributed by atoms with Gasteiger partial charge in [0.15, 0.2) is 0 Å². The van der Waals surface area contributed by atoms with Crippen molar-refractivity contribution >= 4 is 40.1 Å². The summed E-state index contributed by atoms with van der Waals surface area (Å²) in [5, 5.41) is 27.1. The molecule has 0 amide bonds. The number of hydrogen-bond donors (Lipinski definition) is 8. The Hall–Kier alpha value is -1.49. The van der Waals surface area contributed by atoms with Gasteiger partial charge in [0.05, 0.1) is 6.54 Å². The topological polar surface area (TPSA) is 251 Å². The molecule has 0 aromatic carbocycles. The Morgan fingerprint density at radius 2 is 1.67 bits per heavy atom. The third-order valence-corrected chi connectivity index (χ3v) is 3.13. The molecule has 0 saturated carbocycles. The predicted molar refractivity (Wildman–Crippen MR) is 98.1 cm³/mol. The molecule has 0 aromatic heterocycles. The van der Waals surface area contributed by atoms with E-state index in [4.69, 9.17) is 38.6 Å². The third kappa shape index (κ3) is 32.6. The first-order chi connectivity index (χ1) is 12.3. The standard InChI is InChI=1S/C5H11NO2S.C5H9NO2.C2H5NO2.H2O4S/c1-9-3-2-4(6)5(7)8;7-5(8)4-2-1-3-6-4;3-1-2(4)5;1-5(2,3)4/h4H,2-3,6H2,1H3,(H,7,8);4,6H,1-3H2,(H,7,8);1,3H2,(H,4,5);(H2,1,2,3,4)/t;4-;;/m.0../s1. The molecule has 1 aliphatic rings. The highest BCUT2D eigenvalue weighted by atomic mass is 32.3. The fourth-order valence-corrected chi connectivity index (χ4v) is 1.75. The first-order valence-electron chi connectivity index (χ1n) is 7.31. The lowest BCUT2D eigenvalue weighted by atomic mass is 10.2. The Morgan fingerprint density at radius 1 is 1.22 bits per heavy atom. The van der Waals surface area contributed by atoms with Crippen LogP contribution in [0.25, 0.3) is 0 Å². The molecule has 1 unspecified atom stereocenters. The maximum Gasteiger partial charge on any atom is 0.394 e. The van der Waals surface area contributed by atoms with Gasteiger partial charge in [-0.3, -0.25) is 23.5 Å². The zero-order valence-corrected chi connectivity index (χ0v) is 16.3. The van der Waals surface area contributed by atoms with Crippen molar-refractivity contribution in [1.29, 1.82) is 0 Å². The Morgan fingerprint density at radius 3 is 1.85 bits per heavy atom. The smallest absolute Gasteiger partial charge is 0.394 e. The van der Waals surface area contributed by atoms with Crippen LogP contribution in [0, 0.1) is 0 Å². The van der Waals surface area contributed by atoms with E-state index in [1.54, 1.807) is 11.8 Å². The molecule has 13 nitrogen and oxygen atoms in total. The molecule has 15 heteroatoms. The fourth-order valence-electron chi connectivity index (χ4n) is 1.26. The molecule has 1 saturated heterocycles. The van der Waals surface area contributed by atoms with Crippen LogP contribution in [0.3, 0.4) is 0 Å². The van der Waals surface area contributed by atoms with E-state index in [9.17, 15) is 14.4 Å². The van der Waals surface area contributed by atoms with Crippen LogP contribution in [0.5, 0.6) is 0 Å². The number of nitrogens with one attached hydrogen (secondary N) is 1. The number of thioether (sulfide) groups is 1. The van der Waals surface area contributed by atoms with Crippen molar-refractivity contribution in [3.05, 3.63) is 0 Å². The van der Waals surface area contributed by atoms with Crippen molar-refractivity contribution < 1.29 is 47.2 Å². The molecule has 1 rings (SSSR count). The molecule has 0 aliphatic carbocycles. The predicted octanol–water partition coefficient (Wildman–Crippen LogP) is -1.65. The SMILES string of the molecule is CSCCC(N)C(=O)O.NCC(=O)O.O=C(O)[C@@H]1CCCN1.O=S(=O)(O)O. The van der Waals surface area contributed by atoms with Gasteiger partial charge in [-0.05, 0) is 37.8 Å². The quantitative estimate of drug-likeness (QED) is 0.217. The number of carbonyl (C=O) groups is 3. The molecule has 0 spiro atoms. The Bertz CT molecular complexity index is 516. The van der Waals surface area contributed by atoms with Gasteiger partial charge in [-0.15, -0.1) is 0 Å². The third-order valence-electron chi connectivity index (χ3n) is 2.48. The van der Waals surface area contributed by atoms with E-state index in [2.05, 4.69) is 11.1 Å². The molecule has 162 valence electrons.